The molecular weight excluding hydrogens is 260 g/mol. The number of phenols is 2. The molecule has 0 heterocycles. The lowest BCUT2D eigenvalue weighted by atomic mass is 9.83. The topological polar surface area (TPSA) is 83.8 Å². The van der Waals surface area contributed by atoms with Crippen LogP contribution in [-0.4, -0.2) is 28.9 Å². The number of aromatic hydroxyl groups is 2. The first-order chi connectivity index (χ1) is 9.56. The second kappa shape index (κ2) is 4.09. The number of hydrogen-bond acceptors (Lipinski definition) is 5. The van der Waals surface area contributed by atoms with Crippen molar-refractivity contribution in [3.8, 4) is 17.2 Å². The summed E-state index contributed by atoms with van der Waals surface area (Å²) in [6.07, 6.45) is 0. The van der Waals surface area contributed by atoms with E-state index in [4.69, 9.17) is 4.74 Å². The SMILES string of the molecule is COc1c(O)ccc2c1C(=O)c1cccc(O)c1C2=O. The first kappa shape index (κ1) is 12.2. The largest absolute Gasteiger partial charge is 0.507 e. The second-order valence-electron chi connectivity index (χ2n) is 4.40. The lowest BCUT2D eigenvalue weighted by molar-refractivity contribution is 0.0973. The van der Waals surface area contributed by atoms with Crippen LogP contribution in [-0.2, 0) is 0 Å². The summed E-state index contributed by atoms with van der Waals surface area (Å²) in [5, 5.41) is 19.5. The fourth-order valence-corrected chi connectivity index (χ4v) is 2.43. The summed E-state index contributed by atoms with van der Waals surface area (Å²) in [6.45, 7) is 0. The van der Waals surface area contributed by atoms with Crippen molar-refractivity contribution in [3.63, 3.8) is 0 Å². The summed E-state index contributed by atoms with van der Waals surface area (Å²) in [5.74, 6) is -1.41. The van der Waals surface area contributed by atoms with Gasteiger partial charge in [-0.2, -0.15) is 0 Å². The Labute approximate surface area is 114 Å². The summed E-state index contributed by atoms with van der Waals surface area (Å²) in [5.41, 5.74) is 0.221. The third kappa shape index (κ3) is 1.43. The Balaban J connectivity index is 2.38. The molecule has 0 saturated heterocycles. The minimum Gasteiger partial charge on any atom is -0.507 e. The molecule has 5 heteroatoms. The van der Waals surface area contributed by atoms with Crippen molar-refractivity contribution in [2.24, 2.45) is 0 Å². The van der Waals surface area contributed by atoms with Gasteiger partial charge >= 0.3 is 0 Å². The Morgan fingerprint density at radius 2 is 1.50 bits per heavy atom. The van der Waals surface area contributed by atoms with Gasteiger partial charge in [-0.25, -0.2) is 0 Å². The molecule has 0 radical (unpaired) electrons. The number of ketones is 2. The van der Waals surface area contributed by atoms with E-state index in [9.17, 15) is 19.8 Å². The summed E-state index contributed by atoms with van der Waals surface area (Å²) in [7, 11) is 1.31. The first-order valence-electron chi connectivity index (χ1n) is 5.87. The van der Waals surface area contributed by atoms with E-state index in [-0.39, 0.29) is 39.5 Å². The van der Waals surface area contributed by atoms with Crippen LogP contribution in [0.3, 0.4) is 0 Å². The molecule has 0 amide bonds. The van der Waals surface area contributed by atoms with Crippen molar-refractivity contribution in [1.82, 2.24) is 0 Å². The van der Waals surface area contributed by atoms with Crippen LogP contribution in [0.4, 0.5) is 0 Å². The van der Waals surface area contributed by atoms with Gasteiger partial charge in [0.05, 0.1) is 18.2 Å². The van der Waals surface area contributed by atoms with Gasteiger partial charge in [-0.1, -0.05) is 12.1 Å². The highest BCUT2D eigenvalue weighted by Gasteiger charge is 2.35. The van der Waals surface area contributed by atoms with Crippen LogP contribution < -0.4 is 4.74 Å². The number of phenolic OH excluding ortho intramolecular Hbond substituents is 2. The van der Waals surface area contributed by atoms with Crippen molar-refractivity contribution < 1.29 is 24.5 Å². The lowest BCUT2D eigenvalue weighted by Gasteiger charge is -2.20. The van der Waals surface area contributed by atoms with Crippen LogP contribution in [0.1, 0.15) is 31.8 Å². The average molecular weight is 270 g/mol. The molecule has 1 aliphatic carbocycles. The average Bonchev–Trinajstić information content (AvgIpc) is 2.44. The zero-order valence-electron chi connectivity index (χ0n) is 10.5. The van der Waals surface area contributed by atoms with Gasteiger partial charge in [0, 0.05) is 11.1 Å². The highest BCUT2D eigenvalue weighted by atomic mass is 16.5. The predicted octanol–water partition coefficient (Wildman–Crippen LogP) is 1.88. The van der Waals surface area contributed by atoms with Crippen molar-refractivity contribution in [2.75, 3.05) is 7.11 Å². The molecule has 0 atom stereocenters. The summed E-state index contributed by atoms with van der Waals surface area (Å²) >= 11 is 0. The third-order valence-corrected chi connectivity index (χ3v) is 3.33. The van der Waals surface area contributed by atoms with E-state index in [1.807, 2.05) is 0 Å². The first-order valence-corrected chi connectivity index (χ1v) is 5.87. The van der Waals surface area contributed by atoms with Gasteiger partial charge in [0.2, 0.25) is 0 Å². The molecule has 2 N–H and O–H groups in total. The van der Waals surface area contributed by atoms with Crippen molar-refractivity contribution in [3.05, 3.63) is 52.6 Å². The third-order valence-electron chi connectivity index (χ3n) is 3.33. The quantitative estimate of drug-likeness (QED) is 0.705. The number of benzene rings is 2. The van der Waals surface area contributed by atoms with Crippen LogP contribution in [0.2, 0.25) is 0 Å². The van der Waals surface area contributed by atoms with Crippen LogP contribution in [0, 0.1) is 0 Å². The Morgan fingerprint density at radius 3 is 2.20 bits per heavy atom. The van der Waals surface area contributed by atoms with E-state index in [2.05, 4.69) is 0 Å². The number of hydrogen-bond donors (Lipinski definition) is 2. The Morgan fingerprint density at radius 1 is 0.850 bits per heavy atom. The fourth-order valence-electron chi connectivity index (χ4n) is 2.43. The number of rotatable bonds is 1. The highest BCUT2D eigenvalue weighted by molar-refractivity contribution is 6.30. The van der Waals surface area contributed by atoms with E-state index in [0.29, 0.717) is 0 Å². The molecule has 0 saturated carbocycles. The van der Waals surface area contributed by atoms with E-state index in [0.717, 1.165) is 0 Å². The van der Waals surface area contributed by atoms with Gasteiger partial charge in [0.25, 0.3) is 0 Å². The number of fused-ring (bicyclic) bond motifs is 2. The molecule has 2 aromatic rings. The van der Waals surface area contributed by atoms with Crippen molar-refractivity contribution in [2.45, 2.75) is 0 Å². The summed E-state index contributed by atoms with van der Waals surface area (Å²) in [4.78, 5) is 24.9. The molecular formula is C15H10O5. The predicted molar refractivity (Wildman–Crippen MR) is 69.6 cm³/mol. The Hall–Kier alpha value is -2.82. The standard InChI is InChI=1S/C15H10O5/c1-20-15-10(17)6-5-8-12(15)14(19)7-3-2-4-9(16)11(7)13(8)18/h2-6,16-17H,1H3. The number of carbonyl (C=O) groups is 2. The van der Waals surface area contributed by atoms with Gasteiger partial charge in [-0.3, -0.25) is 9.59 Å². The van der Waals surface area contributed by atoms with E-state index >= 15 is 0 Å². The molecule has 20 heavy (non-hydrogen) atoms. The molecule has 0 aromatic heterocycles. The van der Waals surface area contributed by atoms with Crippen LogP contribution >= 0.6 is 0 Å². The minimum absolute atomic E-state index is 0.0160. The molecule has 100 valence electrons. The molecule has 0 unspecified atom stereocenters. The smallest absolute Gasteiger partial charge is 0.198 e. The van der Waals surface area contributed by atoms with Gasteiger partial charge in [0.15, 0.2) is 23.1 Å². The Bertz CT molecular complexity index is 761. The van der Waals surface area contributed by atoms with Crippen LogP contribution in [0.5, 0.6) is 17.2 Å². The van der Waals surface area contributed by atoms with Crippen LogP contribution in [0.15, 0.2) is 30.3 Å². The molecule has 0 spiro atoms. The van der Waals surface area contributed by atoms with E-state index in [1.54, 1.807) is 0 Å². The lowest BCUT2D eigenvalue weighted by Crippen LogP contribution is -2.21. The molecule has 1 aliphatic rings. The maximum Gasteiger partial charge on any atom is 0.198 e. The maximum atomic E-state index is 12.5. The zero-order chi connectivity index (χ0) is 14.4. The van der Waals surface area contributed by atoms with E-state index in [1.165, 1.54) is 37.4 Å². The minimum atomic E-state index is -0.467. The summed E-state index contributed by atoms with van der Waals surface area (Å²) < 4.78 is 5.02. The van der Waals surface area contributed by atoms with Gasteiger partial charge in [0.1, 0.15) is 5.75 Å². The molecule has 0 aliphatic heterocycles. The molecule has 2 aromatic carbocycles. The summed E-state index contributed by atoms with van der Waals surface area (Å²) in [6, 6.07) is 6.94. The maximum absolute atomic E-state index is 12.5. The van der Waals surface area contributed by atoms with Gasteiger partial charge in [-0.15, -0.1) is 0 Å². The van der Waals surface area contributed by atoms with Crippen molar-refractivity contribution >= 4 is 11.6 Å². The number of carbonyl (C=O) groups excluding carboxylic acids is 2. The van der Waals surface area contributed by atoms with Crippen LogP contribution in [0.25, 0.3) is 0 Å². The number of ether oxygens (including phenoxy) is 1. The molecule has 0 bridgehead atoms. The van der Waals surface area contributed by atoms with E-state index < -0.39 is 11.6 Å². The molecule has 3 rings (SSSR count). The normalized spacial score (nSPS) is 12.8. The Kier molecular flexibility index (Phi) is 2.50. The monoisotopic (exact) mass is 270 g/mol. The molecule has 5 nitrogen and oxygen atoms in total. The van der Waals surface area contributed by atoms with Gasteiger partial charge in [-0.05, 0) is 18.2 Å². The van der Waals surface area contributed by atoms with Crippen molar-refractivity contribution in [1.29, 1.82) is 0 Å². The fraction of sp³-hybridized carbons (Fsp3) is 0.0667. The van der Waals surface area contributed by atoms with Gasteiger partial charge < -0.3 is 14.9 Å². The number of methoxy groups -OCH3 is 1. The highest BCUT2D eigenvalue weighted by Crippen LogP contribution is 2.40. The molecule has 0 fully saturated rings. The second-order valence-corrected chi connectivity index (χ2v) is 4.40. The zero-order valence-corrected chi connectivity index (χ0v) is 10.5.